The molecule has 0 saturated carbocycles. The van der Waals surface area contributed by atoms with Gasteiger partial charge in [-0.15, -0.1) is 5.10 Å². The van der Waals surface area contributed by atoms with Crippen molar-refractivity contribution in [3.8, 4) is 0 Å². The van der Waals surface area contributed by atoms with E-state index in [0.717, 1.165) is 34.1 Å². The van der Waals surface area contributed by atoms with Gasteiger partial charge in [-0.3, -0.25) is 9.59 Å². The first-order chi connectivity index (χ1) is 17.9. The van der Waals surface area contributed by atoms with Crippen LogP contribution in [0.25, 0.3) is 11.0 Å². The standard InChI is InChI=1S/C30H35N5O2/c1-22(2)17-19-31-30(37)29(25-13-5-4-6-14-25)34(20-18-24-12-8-7-11-23(24)3)28(36)21-35-27-16-10-9-15-26(27)32-33-35/h4-16,22,29H,17-21H2,1-3H3,(H,31,37)/t29-/m1/s1. The van der Waals surface area contributed by atoms with Gasteiger partial charge in [0.1, 0.15) is 18.1 Å². The number of carbonyl (C=O) groups is 2. The molecule has 0 unspecified atom stereocenters. The predicted molar refractivity (Wildman–Crippen MR) is 146 cm³/mol. The average molecular weight is 498 g/mol. The van der Waals surface area contributed by atoms with Crippen molar-refractivity contribution in [1.82, 2.24) is 25.2 Å². The third-order valence-corrected chi connectivity index (χ3v) is 6.61. The molecule has 0 bridgehead atoms. The first kappa shape index (κ1) is 26.1. The molecule has 0 aliphatic rings. The summed E-state index contributed by atoms with van der Waals surface area (Å²) in [5, 5.41) is 11.5. The summed E-state index contributed by atoms with van der Waals surface area (Å²) in [6.07, 6.45) is 1.51. The highest BCUT2D eigenvalue weighted by Crippen LogP contribution is 2.24. The minimum atomic E-state index is -0.750. The Kier molecular flexibility index (Phi) is 8.67. The molecule has 7 heteroatoms. The Balaban J connectivity index is 1.66. The third kappa shape index (κ3) is 6.61. The van der Waals surface area contributed by atoms with Crippen LogP contribution in [-0.4, -0.2) is 44.8 Å². The molecule has 0 fully saturated rings. The van der Waals surface area contributed by atoms with Gasteiger partial charge in [-0.1, -0.05) is 85.8 Å². The average Bonchev–Trinajstić information content (AvgIpc) is 3.30. The molecule has 1 N–H and O–H groups in total. The molecule has 7 nitrogen and oxygen atoms in total. The molecule has 4 aromatic rings. The fraction of sp³-hybridized carbons (Fsp3) is 0.333. The van der Waals surface area contributed by atoms with Crippen molar-refractivity contribution >= 4 is 22.8 Å². The fourth-order valence-electron chi connectivity index (χ4n) is 4.47. The SMILES string of the molecule is Cc1ccccc1CCN(C(=O)Cn1nnc2ccccc21)[C@@H](C(=O)NCCC(C)C)c1ccccc1. The van der Waals surface area contributed by atoms with Crippen LogP contribution in [0.4, 0.5) is 0 Å². The highest BCUT2D eigenvalue weighted by atomic mass is 16.2. The van der Waals surface area contributed by atoms with E-state index in [9.17, 15) is 9.59 Å². The molecule has 4 rings (SSSR count). The third-order valence-electron chi connectivity index (χ3n) is 6.61. The fourth-order valence-corrected chi connectivity index (χ4v) is 4.47. The van der Waals surface area contributed by atoms with Crippen molar-refractivity contribution in [3.63, 3.8) is 0 Å². The van der Waals surface area contributed by atoms with E-state index in [0.29, 0.717) is 25.4 Å². The van der Waals surface area contributed by atoms with Gasteiger partial charge in [-0.05, 0) is 54.5 Å². The maximum atomic E-state index is 13.9. The number of nitrogens with zero attached hydrogens (tertiary/aromatic N) is 4. The highest BCUT2D eigenvalue weighted by Gasteiger charge is 2.31. The second-order valence-electron chi connectivity index (χ2n) is 9.79. The van der Waals surface area contributed by atoms with E-state index in [1.807, 2.05) is 66.7 Å². The van der Waals surface area contributed by atoms with Crippen LogP contribution in [0.15, 0.2) is 78.9 Å². The number of rotatable bonds is 11. The summed E-state index contributed by atoms with van der Waals surface area (Å²) in [5.74, 6) is 0.111. The molecule has 0 aliphatic heterocycles. The molecule has 1 aromatic heterocycles. The first-order valence-electron chi connectivity index (χ1n) is 12.9. The van der Waals surface area contributed by atoms with Crippen LogP contribution in [0, 0.1) is 12.8 Å². The lowest BCUT2D eigenvalue weighted by atomic mass is 10.0. The molecule has 37 heavy (non-hydrogen) atoms. The number of hydrogen-bond acceptors (Lipinski definition) is 4. The predicted octanol–water partition coefficient (Wildman–Crippen LogP) is 4.71. The zero-order valence-electron chi connectivity index (χ0n) is 21.8. The molecular formula is C30H35N5O2. The van der Waals surface area contributed by atoms with Gasteiger partial charge in [-0.2, -0.15) is 0 Å². The first-order valence-corrected chi connectivity index (χ1v) is 12.9. The topological polar surface area (TPSA) is 80.1 Å². The lowest BCUT2D eigenvalue weighted by Crippen LogP contribution is -2.46. The summed E-state index contributed by atoms with van der Waals surface area (Å²) in [6.45, 7) is 7.27. The summed E-state index contributed by atoms with van der Waals surface area (Å²) in [7, 11) is 0. The number of hydrogen-bond donors (Lipinski definition) is 1. The molecule has 3 aromatic carbocycles. The van der Waals surface area contributed by atoms with Crippen LogP contribution >= 0.6 is 0 Å². The Morgan fingerprint density at radius 3 is 2.41 bits per heavy atom. The minimum Gasteiger partial charge on any atom is -0.354 e. The van der Waals surface area contributed by atoms with Crippen LogP contribution in [0.3, 0.4) is 0 Å². The Hall–Kier alpha value is -4.00. The molecule has 0 radical (unpaired) electrons. The lowest BCUT2D eigenvalue weighted by Gasteiger charge is -2.32. The number of nitrogens with one attached hydrogen (secondary N) is 1. The maximum Gasteiger partial charge on any atom is 0.247 e. The van der Waals surface area contributed by atoms with E-state index in [-0.39, 0.29) is 18.4 Å². The van der Waals surface area contributed by atoms with Crippen LogP contribution in [0.1, 0.15) is 43.0 Å². The Morgan fingerprint density at radius 2 is 1.65 bits per heavy atom. The molecule has 192 valence electrons. The molecular weight excluding hydrogens is 462 g/mol. The monoisotopic (exact) mass is 497 g/mol. The van der Waals surface area contributed by atoms with Crippen LogP contribution in [0.2, 0.25) is 0 Å². The maximum absolute atomic E-state index is 13.9. The van der Waals surface area contributed by atoms with E-state index < -0.39 is 6.04 Å². The molecule has 0 aliphatic carbocycles. The van der Waals surface area contributed by atoms with Crippen molar-refractivity contribution in [2.75, 3.05) is 13.1 Å². The van der Waals surface area contributed by atoms with Crippen LogP contribution in [0.5, 0.6) is 0 Å². The molecule has 1 heterocycles. The van der Waals surface area contributed by atoms with Gasteiger partial charge in [0.15, 0.2) is 0 Å². The summed E-state index contributed by atoms with van der Waals surface area (Å²) < 4.78 is 1.61. The summed E-state index contributed by atoms with van der Waals surface area (Å²) >= 11 is 0. The number of amides is 2. The number of carbonyl (C=O) groups excluding carboxylic acids is 2. The summed E-state index contributed by atoms with van der Waals surface area (Å²) in [6, 6.07) is 24.5. The van der Waals surface area contributed by atoms with Crippen molar-refractivity contribution in [3.05, 3.63) is 95.6 Å². The number of benzene rings is 3. The van der Waals surface area contributed by atoms with Crippen molar-refractivity contribution in [2.45, 2.75) is 46.2 Å². The normalized spacial score (nSPS) is 12.0. The zero-order chi connectivity index (χ0) is 26.2. The van der Waals surface area contributed by atoms with Crippen molar-refractivity contribution in [2.24, 2.45) is 5.92 Å². The second kappa shape index (κ2) is 12.3. The smallest absolute Gasteiger partial charge is 0.247 e. The van der Waals surface area contributed by atoms with Gasteiger partial charge in [0.25, 0.3) is 0 Å². The van der Waals surface area contributed by atoms with Gasteiger partial charge in [-0.25, -0.2) is 4.68 Å². The summed E-state index contributed by atoms with van der Waals surface area (Å²) in [4.78, 5) is 29.2. The number of aromatic nitrogens is 3. The van der Waals surface area contributed by atoms with E-state index in [2.05, 4.69) is 48.5 Å². The van der Waals surface area contributed by atoms with Gasteiger partial charge < -0.3 is 10.2 Å². The second-order valence-corrected chi connectivity index (χ2v) is 9.79. The zero-order valence-corrected chi connectivity index (χ0v) is 21.8. The minimum absolute atomic E-state index is 0.00308. The highest BCUT2D eigenvalue weighted by molar-refractivity contribution is 5.89. The van der Waals surface area contributed by atoms with E-state index in [1.165, 1.54) is 0 Å². The Morgan fingerprint density at radius 1 is 0.946 bits per heavy atom. The van der Waals surface area contributed by atoms with Crippen molar-refractivity contribution < 1.29 is 9.59 Å². The van der Waals surface area contributed by atoms with E-state index >= 15 is 0 Å². The van der Waals surface area contributed by atoms with Gasteiger partial charge >= 0.3 is 0 Å². The largest absolute Gasteiger partial charge is 0.354 e. The molecule has 1 atom stereocenters. The molecule has 0 saturated heterocycles. The van der Waals surface area contributed by atoms with Crippen LogP contribution in [-0.2, 0) is 22.6 Å². The Bertz CT molecular complexity index is 1330. The Labute approximate surface area is 218 Å². The van der Waals surface area contributed by atoms with E-state index in [4.69, 9.17) is 0 Å². The molecule has 2 amide bonds. The van der Waals surface area contributed by atoms with E-state index in [1.54, 1.807) is 9.58 Å². The van der Waals surface area contributed by atoms with Gasteiger partial charge in [0, 0.05) is 13.1 Å². The number of aryl methyl sites for hydroxylation is 1. The quantitative estimate of drug-likeness (QED) is 0.325. The molecule has 0 spiro atoms. The van der Waals surface area contributed by atoms with Gasteiger partial charge in [0.05, 0.1) is 5.52 Å². The number of para-hydroxylation sites is 1. The van der Waals surface area contributed by atoms with Gasteiger partial charge in [0.2, 0.25) is 11.8 Å². The lowest BCUT2D eigenvalue weighted by molar-refractivity contribution is -0.141. The number of fused-ring (bicyclic) bond motifs is 1. The van der Waals surface area contributed by atoms with Crippen molar-refractivity contribution in [1.29, 1.82) is 0 Å². The van der Waals surface area contributed by atoms with Crippen LogP contribution < -0.4 is 5.32 Å². The summed E-state index contributed by atoms with van der Waals surface area (Å²) in [5.41, 5.74) is 4.61.